The summed E-state index contributed by atoms with van der Waals surface area (Å²) in [6.07, 6.45) is 1.12. The molecule has 5 heteroatoms. The molecular weight excluding hydrogens is 405 g/mol. The molecule has 1 aliphatic heterocycles. The van der Waals surface area contributed by atoms with Crippen molar-refractivity contribution < 1.29 is 0 Å². The Morgan fingerprint density at radius 1 is 1.05 bits per heavy atom. The predicted octanol–water partition coefficient (Wildman–Crippen LogP) is 3.89. The average molecular weight is 425 g/mol. The molecule has 0 saturated carbocycles. The van der Waals surface area contributed by atoms with Crippen LogP contribution in [0.2, 0.25) is 0 Å². The molecule has 2 aromatic carbocycles. The zero-order valence-electron chi connectivity index (χ0n) is 12.3. The van der Waals surface area contributed by atoms with Crippen molar-refractivity contribution >= 4 is 41.7 Å². The van der Waals surface area contributed by atoms with Gasteiger partial charge in [-0.25, -0.2) is 0 Å². The van der Waals surface area contributed by atoms with Gasteiger partial charge in [0.2, 0.25) is 0 Å². The first kappa shape index (κ1) is 17.1. The summed E-state index contributed by atoms with van der Waals surface area (Å²) >= 11 is 1.80. The van der Waals surface area contributed by atoms with Gasteiger partial charge in [-0.15, -0.1) is 24.0 Å². The lowest BCUT2D eigenvalue weighted by molar-refractivity contribution is 0.700. The number of hydrogen-bond acceptors (Lipinski definition) is 4. The van der Waals surface area contributed by atoms with Gasteiger partial charge in [0.1, 0.15) is 0 Å². The fraction of sp³-hybridized carbons (Fsp3) is 0.235. The minimum Gasteiger partial charge on any atom is -0.356 e. The Morgan fingerprint density at radius 3 is 2.59 bits per heavy atom. The maximum Gasteiger partial charge on any atom is 0.191 e. The van der Waals surface area contributed by atoms with E-state index in [2.05, 4.69) is 64.2 Å². The van der Waals surface area contributed by atoms with Crippen LogP contribution in [0.1, 0.15) is 12.0 Å². The third kappa shape index (κ3) is 4.91. The molecule has 1 heterocycles. The Bertz CT molecular complexity index is 616. The number of halogens is 1. The smallest absolute Gasteiger partial charge is 0.191 e. The van der Waals surface area contributed by atoms with Gasteiger partial charge in [-0.3, -0.25) is 4.99 Å². The van der Waals surface area contributed by atoms with E-state index >= 15 is 0 Å². The summed E-state index contributed by atoms with van der Waals surface area (Å²) in [5, 5.41) is 6.68. The van der Waals surface area contributed by atoms with E-state index in [1.165, 1.54) is 15.4 Å². The summed E-state index contributed by atoms with van der Waals surface area (Å²) in [6.45, 7) is 2.71. The van der Waals surface area contributed by atoms with Gasteiger partial charge in [-0.2, -0.15) is 0 Å². The van der Waals surface area contributed by atoms with E-state index in [0.29, 0.717) is 0 Å². The molecule has 3 nitrogen and oxygen atoms in total. The topological polar surface area (TPSA) is 36.4 Å². The van der Waals surface area contributed by atoms with Crippen LogP contribution in [-0.4, -0.2) is 19.0 Å². The third-order valence-corrected chi connectivity index (χ3v) is 4.41. The van der Waals surface area contributed by atoms with Crippen LogP contribution in [0, 0.1) is 0 Å². The fourth-order valence-electron chi connectivity index (χ4n) is 2.19. The molecule has 116 valence electrons. The van der Waals surface area contributed by atoms with Crippen LogP contribution in [0.15, 0.2) is 69.4 Å². The highest BCUT2D eigenvalue weighted by Crippen LogP contribution is 2.30. The lowest BCUT2D eigenvalue weighted by atomic mass is 10.2. The van der Waals surface area contributed by atoms with Crippen molar-refractivity contribution in [1.29, 1.82) is 0 Å². The van der Waals surface area contributed by atoms with Gasteiger partial charge in [-0.1, -0.05) is 48.2 Å². The van der Waals surface area contributed by atoms with Gasteiger partial charge >= 0.3 is 0 Å². The first-order chi connectivity index (χ1) is 10.4. The predicted molar refractivity (Wildman–Crippen MR) is 104 cm³/mol. The van der Waals surface area contributed by atoms with Gasteiger partial charge in [0.25, 0.3) is 0 Å². The van der Waals surface area contributed by atoms with Gasteiger partial charge < -0.3 is 10.6 Å². The standard InChI is InChI=1S/C17H19N3S.HI/c1-2-8-15(9-3-1)21-16-10-5-4-7-14(16)13-20-17-18-11-6-12-19-17;/h1-5,7-10H,6,11-13H2,(H2,18,19,20);1H. The zero-order valence-corrected chi connectivity index (χ0v) is 15.4. The second kappa shape index (κ2) is 9.05. The Labute approximate surface area is 153 Å². The lowest BCUT2D eigenvalue weighted by Crippen LogP contribution is -2.40. The zero-order chi connectivity index (χ0) is 14.3. The monoisotopic (exact) mass is 425 g/mol. The molecule has 2 N–H and O–H groups in total. The number of nitrogens with zero attached hydrogens (tertiary/aromatic N) is 1. The molecule has 0 atom stereocenters. The van der Waals surface area contributed by atoms with Crippen LogP contribution in [0.4, 0.5) is 0 Å². The summed E-state index contributed by atoms with van der Waals surface area (Å²) in [7, 11) is 0. The van der Waals surface area contributed by atoms with Crippen molar-refractivity contribution in [2.45, 2.75) is 22.8 Å². The molecule has 0 aliphatic carbocycles. The molecule has 2 aromatic rings. The van der Waals surface area contributed by atoms with E-state index in [1.807, 2.05) is 6.07 Å². The van der Waals surface area contributed by atoms with Crippen LogP contribution < -0.4 is 10.6 Å². The molecule has 0 unspecified atom stereocenters. The van der Waals surface area contributed by atoms with Crippen LogP contribution in [-0.2, 0) is 6.54 Å². The largest absolute Gasteiger partial charge is 0.356 e. The first-order valence-corrected chi connectivity index (χ1v) is 8.06. The minimum absolute atomic E-state index is 0. The van der Waals surface area contributed by atoms with E-state index in [4.69, 9.17) is 0 Å². The maximum absolute atomic E-state index is 4.45. The summed E-state index contributed by atoms with van der Waals surface area (Å²) < 4.78 is 0. The summed E-state index contributed by atoms with van der Waals surface area (Å²) in [5.74, 6) is 0.917. The highest BCUT2D eigenvalue weighted by Gasteiger charge is 2.06. The maximum atomic E-state index is 4.45. The number of hydrogen-bond donors (Lipinski definition) is 2. The summed E-state index contributed by atoms with van der Waals surface area (Å²) in [6, 6.07) is 19.0. The van der Waals surface area contributed by atoms with Crippen LogP contribution in [0.3, 0.4) is 0 Å². The highest BCUT2D eigenvalue weighted by molar-refractivity contribution is 14.0. The number of guanidine groups is 1. The lowest BCUT2D eigenvalue weighted by Gasteiger charge is -2.17. The molecule has 0 bridgehead atoms. The third-order valence-electron chi connectivity index (χ3n) is 3.29. The van der Waals surface area contributed by atoms with Gasteiger partial charge in [-0.05, 0) is 30.2 Å². The first-order valence-electron chi connectivity index (χ1n) is 7.25. The Balaban J connectivity index is 0.00000176. The molecular formula is C17H20IN3S. The van der Waals surface area contributed by atoms with Crippen LogP contribution in [0.5, 0.6) is 0 Å². The van der Waals surface area contributed by atoms with Crippen molar-refractivity contribution in [2.75, 3.05) is 13.1 Å². The fourth-order valence-corrected chi connectivity index (χ4v) is 3.16. The van der Waals surface area contributed by atoms with Gasteiger partial charge in [0.15, 0.2) is 5.96 Å². The Morgan fingerprint density at radius 2 is 1.82 bits per heavy atom. The molecule has 3 rings (SSSR count). The molecule has 22 heavy (non-hydrogen) atoms. The van der Waals surface area contributed by atoms with E-state index < -0.39 is 0 Å². The van der Waals surface area contributed by atoms with Crippen molar-refractivity contribution in [3.05, 3.63) is 60.2 Å². The highest BCUT2D eigenvalue weighted by atomic mass is 127. The number of rotatable bonds is 4. The Kier molecular flexibility index (Phi) is 7.05. The van der Waals surface area contributed by atoms with Crippen molar-refractivity contribution in [3.8, 4) is 0 Å². The SMILES string of the molecule is I.c1ccc(Sc2ccccc2CNC2=NCCCN2)cc1. The quantitative estimate of drug-likeness (QED) is 0.730. The normalized spacial score (nSPS) is 13.5. The van der Waals surface area contributed by atoms with Gasteiger partial charge in [0.05, 0.1) is 0 Å². The van der Waals surface area contributed by atoms with Crippen LogP contribution >= 0.6 is 35.7 Å². The summed E-state index contributed by atoms with van der Waals surface area (Å²) in [4.78, 5) is 6.99. The van der Waals surface area contributed by atoms with E-state index in [9.17, 15) is 0 Å². The van der Waals surface area contributed by atoms with Crippen molar-refractivity contribution in [2.24, 2.45) is 4.99 Å². The van der Waals surface area contributed by atoms with E-state index in [1.54, 1.807) is 11.8 Å². The summed E-state index contributed by atoms with van der Waals surface area (Å²) in [5.41, 5.74) is 1.29. The number of aliphatic imine (C=N–C) groups is 1. The second-order valence-corrected chi connectivity index (χ2v) is 6.00. The van der Waals surface area contributed by atoms with E-state index in [0.717, 1.165) is 32.0 Å². The average Bonchev–Trinajstić information content (AvgIpc) is 2.56. The van der Waals surface area contributed by atoms with E-state index in [-0.39, 0.29) is 24.0 Å². The minimum atomic E-state index is 0. The number of nitrogens with one attached hydrogen (secondary N) is 2. The Hall–Kier alpha value is -1.21. The van der Waals surface area contributed by atoms with Crippen molar-refractivity contribution in [1.82, 2.24) is 10.6 Å². The van der Waals surface area contributed by atoms with Gasteiger partial charge in [0, 0.05) is 29.4 Å². The molecule has 0 saturated heterocycles. The molecule has 1 aliphatic rings. The molecule has 0 amide bonds. The van der Waals surface area contributed by atoms with Crippen molar-refractivity contribution in [3.63, 3.8) is 0 Å². The molecule has 0 aromatic heterocycles. The van der Waals surface area contributed by atoms with Crippen LogP contribution in [0.25, 0.3) is 0 Å². The molecule has 0 spiro atoms. The second-order valence-electron chi connectivity index (χ2n) is 4.89. The molecule has 0 radical (unpaired) electrons. The molecule has 0 fully saturated rings. The number of benzene rings is 2.